The molecule has 0 aliphatic carbocycles. The van der Waals surface area contributed by atoms with E-state index in [1.165, 1.54) is 18.6 Å². The molecule has 2 aromatic carbocycles. The highest BCUT2D eigenvalue weighted by molar-refractivity contribution is 9.10. The summed E-state index contributed by atoms with van der Waals surface area (Å²) in [5.41, 5.74) is 4.38. The number of benzene rings is 2. The predicted molar refractivity (Wildman–Crippen MR) is 114 cm³/mol. The minimum atomic E-state index is -0.319. The maximum absolute atomic E-state index is 12.0. The minimum Gasteiger partial charge on any atom is -0.484 e. The number of nitrogens with one attached hydrogen (secondary N) is 2. The van der Waals surface area contributed by atoms with Crippen LogP contribution in [0.5, 0.6) is 5.75 Å². The molecular formula is C21H17BrN4O3. The van der Waals surface area contributed by atoms with Crippen molar-refractivity contribution in [3.63, 3.8) is 0 Å². The molecule has 8 heteroatoms. The Morgan fingerprint density at radius 2 is 1.83 bits per heavy atom. The van der Waals surface area contributed by atoms with Gasteiger partial charge in [-0.2, -0.15) is 5.10 Å². The monoisotopic (exact) mass is 452 g/mol. The number of amides is 2. The summed E-state index contributed by atoms with van der Waals surface area (Å²) in [6.07, 6.45) is 4.59. The highest BCUT2D eigenvalue weighted by Gasteiger charge is 2.05. The fourth-order valence-electron chi connectivity index (χ4n) is 2.30. The summed E-state index contributed by atoms with van der Waals surface area (Å²) in [6.45, 7) is -0.109. The maximum Gasteiger partial charge on any atom is 0.271 e. The smallest absolute Gasteiger partial charge is 0.271 e. The Morgan fingerprint density at radius 1 is 1.07 bits per heavy atom. The normalized spacial score (nSPS) is 10.5. The third-order valence-electron chi connectivity index (χ3n) is 3.68. The number of nitrogens with zero attached hydrogens (tertiary/aromatic N) is 2. The number of hydrogen-bond acceptors (Lipinski definition) is 5. The number of rotatable bonds is 7. The number of aromatic nitrogens is 1. The van der Waals surface area contributed by atoms with E-state index in [-0.39, 0.29) is 18.4 Å². The van der Waals surface area contributed by atoms with Gasteiger partial charge in [-0.25, -0.2) is 5.43 Å². The molecule has 29 heavy (non-hydrogen) atoms. The number of ether oxygens (including phenoxy) is 1. The maximum atomic E-state index is 12.0. The molecule has 2 amide bonds. The van der Waals surface area contributed by atoms with E-state index < -0.39 is 0 Å². The number of halogens is 1. The molecule has 3 rings (SSSR count). The zero-order chi connectivity index (χ0) is 20.5. The van der Waals surface area contributed by atoms with Crippen LogP contribution in [0, 0.1) is 0 Å². The standard InChI is InChI=1S/C21H17BrN4O3/c22-17-2-1-3-18(12-17)25-20(27)14-29-19-6-4-15(5-7-19)13-24-26-21(28)16-8-10-23-11-9-16/h1-13H,14H2,(H,25,27)(H,26,28)/b24-13+. The molecule has 0 saturated heterocycles. The quantitative estimate of drug-likeness (QED) is 0.422. The summed E-state index contributed by atoms with van der Waals surface area (Å²) in [5, 5.41) is 6.68. The molecule has 0 unspecified atom stereocenters. The lowest BCUT2D eigenvalue weighted by molar-refractivity contribution is -0.118. The Bertz CT molecular complexity index is 1010. The van der Waals surface area contributed by atoms with Crippen LogP contribution in [0.15, 0.2) is 82.6 Å². The average Bonchev–Trinajstić information content (AvgIpc) is 2.74. The fourth-order valence-corrected chi connectivity index (χ4v) is 2.69. The van der Waals surface area contributed by atoms with Crippen molar-refractivity contribution in [1.82, 2.24) is 10.4 Å². The van der Waals surface area contributed by atoms with Crippen LogP contribution >= 0.6 is 15.9 Å². The average molecular weight is 453 g/mol. The molecular weight excluding hydrogens is 436 g/mol. The highest BCUT2D eigenvalue weighted by atomic mass is 79.9. The Balaban J connectivity index is 1.46. The molecule has 0 spiro atoms. The van der Waals surface area contributed by atoms with Gasteiger partial charge < -0.3 is 10.1 Å². The number of hydrazone groups is 1. The van der Waals surface area contributed by atoms with Crippen LogP contribution in [0.3, 0.4) is 0 Å². The van der Waals surface area contributed by atoms with Crippen molar-refractivity contribution in [1.29, 1.82) is 0 Å². The second-order valence-electron chi connectivity index (χ2n) is 5.85. The third-order valence-corrected chi connectivity index (χ3v) is 4.17. The first-order chi connectivity index (χ1) is 14.1. The Labute approximate surface area is 175 Å². The zero-order valence-corrected chi connectivity index (χ0v) is 16.8. The molecule has 3 aromatic rings. The SMILES string of the molecule is O=C(COc1ccc(/C=N/NC(=O)c2ccncc2)cc1)Nc1cccc(Br)c1. The van der Waals surface area contributed by atoms with Crippen molar-refractivity contribution in [2.75, 3.05) is 11.9 Å². The van der Waals surface area contributed by atoms with Gasteiger partial charge in [0.1, 0.15) is 5.75 Å². The molecule has 0 aliphatic heterocycles. The van der Waals surface area contributed by atoms with Gasteiger partial charge in [0.2, 0.25) is 0 Å². The van der Waals surface area contributed by atoms with Crippen molar-refractivity contribution in [3.8, 4) is 5.75 Å². The van der Waals surface area contributed by atoms with Crippen LogP contribution in [-0.4, -0.2) is 29.6 Å². The van der Waals surface area contributed by atoms with Gasteiger partial charge >= 0.3 is 0 Å². The molecule has 1 aromatic heterocycles. The molecule has 146 valence electrons. The summed E-state index contributed by atoms with van der Waals surface area (Å²) in [5.74, 6) is -0.0278. The summed E-state index contributed by atoms with van der Waals surface area (Å²) in [6, 6.07) is 17.5. The third kappa shape index (κ3) is 6.54. The molecule has 0 bridgehead atoms. The second-order valence-corrected chi connectivity index (χ2v) is 6.77. The molecule has 0 fully saturated rings. The molecule has 0 aliphatic rings. The van der Waals surface area contributed by atoms with Gasteiger partial charge in [-0.05, 0) is 60.2 Å². The molecule has 1 heterocycles. The van der Waals surface area contributed by atoms with Gasteiger partial charge in [-0.15, -0.1) is 0 Å². The van der Waals surface area contributed by atoms with E-state index in [2.05, 4.69) is 36.8 Å². The molecule has 7 nitrogen and oxygen atoms in total. The second kappa shape index (κ2) is 10.1. The number of hydrogen-bond donors (Lipinski definition) is 2. The summed E-state index contributed by atoms with van der Waals surface area (Å²) in [7, 11) is 0. The largest absolute Gasteiger partial charge is 0.484 e. The number of anilines is 1. The van der Waals surface area contributed by atoms with E-state index in [1.807, 2.05) is 12.1 Å². The summed E-state index contributed by atoms with van der Waals surface area (Å²) >= 11 is 3.35. The molecule has 2 N–H and O–H groups in total. The number of carbonyl (C=O) groups excluding carboxylic acids is 2. The van der Waals surface area contributed by atoms with Crippen molar-refractivity contribution in [2.24, 2.45) is 5.10 Å². The highest BCUT2D eigenvalue weighted by Crippen LogP contribution is 2.16. The van der Waals surface area contributed by atoms with Gasteiger partial charge in [0.05, 0.1) is 6.21 Å². The lowest BCUT2D eigenvalue weighted by Crippen LogP contribution is -2.20. The van der Waals surface area contributed by atoms with Crippen molar-refractivity contribution in [3.05, 3.63) is 88.7 Å². The van der Waals surface area contributed by atoms with E-state index >= 15 is 0 Å². The Morgan fingerprint density at radius 3 is 2.55 bits per heavy atom. The van der Waals surface area contributed by atoms with Crippen molar-refractivity contribution >= 4 is 39.6 Å². The molecule has 0 saturated carbocycles. The Hall–Kier alpha value is -3.52. The van der Waals surface area contributed by atoms with E-state index in [0.717, 1.165) is 10.0 Å². The van der Waals surface area contributed by atoms with Crippen LogP contribution in [0.1, 0.15) is 15.9 Å². The van der Waals surface area contributed by atoms with Crippen molar-refractivity contribution < 1.29 is 14.3 Å². The van der Waals surface area contributed by atoms with Gasteiger partial charge in [0.25, 0.3) is 11.8 Å². The van der Waals surface area contributed by atoms with Crippen molar-refractivity contribution in [2.45, 2.75) is 0 Å². The summed E-state index contributed by atoms with van der Waals surface area (Å²) < 4.78 is 6.36. The van der Waals surface area contributed by atoms with E-state index in [0.29, 0.717) is 17.0 Å². The van der Waals surface area contributed by atoms with Gasteiger partial charge in [-0.1, -0.05) is 22.0 Å². The van der Waals surface area contributed by atoms with E-state index in [1.54, 1.807) is 48.5 Å². The van der Waals surface area contributed by atoms with E-state index in [4.69, 9.17) is 4.74 Å². The molecule has 0 radical (unpaired) electrons. The van der Waals surface area contributed by atoms with Crippen LogP contribution in [0.4, 0.5) is 5.69 Å². The first kappa shape index (κ1) is 20.2. The van der Waals surface area contributed by atoms with Gasteiger partial charge in [0.15, 0.2) is 6.61 Å². The topological polar surface area (TPSA) is 92.7 Å². The fraction of sp³-hybridized carbons (Fsp3) is 0.0476. The first-order valence-corrected chi connectivity index (χ1v) is 9.41. The lowest BCUT2D eigenvalue weighted by atomic mass is 10.2. The summed E-state index contributed by atoms with van der Waals surface area (Å²) in [4.78, 5) is 27.7. The number of pyridine rings is 1. The van der Waals surface area contributed by atoms with Crippen LogP contribution in [0.25, 0.3) is 0 Å². The minimum absolute atomic E-state index is 0.109. The van der Waals surface area contributed by atoms with Gasteiger partial charge in [-0.3, -0.25) is 14.6 Å². The van der Waals surface area contributed by atoms with Crippen LogP contribution in [0.2, 0.25) is 0 Å². The van der Waals surface area contributed by atoms with Gasteiger partial charge in [0, 0.05) is 28.1 Å². The van der Waals surface area contributed by atoms with E-state index in [9.17, 15) is 9.59 Å². The predicted octanol–water partition coefficient (Wildman–Crippen LogP) is 3.63. The zero-order valence-electron chi connectivity index (χ0n) is 15.2. The molecule has 0 atom stereocenters. The Kier molecular flexibility index (Phi) is 7.07. The first-order valence-electron chi connectivity index (χ1n) is 8.62. The van der Waals surface area contributed by atoms with Crippen LogP contribution in [-0.2, 0) is 4.79 Å². The number of carbonyl (C=O) groups is 2. The lowest BCUT2D eigenvalue weighted by Gasteiger charge is -2.08. The van der Waals surface area contributed by atoms with Crippen LogP contribution < -0.4 is 15.5 Å².